The molecule has 0 bridgehead atoms. The Balaban J connectivity index is 2.15. The van der Waals surface area contributed by atoms with Gasteiger partial charge in [0.25, 0.3) is 5.91 Å². The molecular weight excluding hydrogens is 314 g/mol. The molecule has 2 aromatic carbocycles. The maximum absolute atomic E-state index is 12.5. The molecule has 134 valence electrons. The zero-order chi connectivity index (χ0) is 18.6. The number of methoxy groups -OCH3 is 1. The molecule has 0 saturated carbocycles. The van der Waals surface area contributed by atoms with E-state index in [-0.39, 0.29) is 11.3 Å². The SMILES string of the molecule is COc1ccc(C(C)(C)C)cc1NC(=O)[C@H](C)Oc1cccc(C)c1. The molecule has 0 aromatic heterocycles. The monoisotopic (exact) mass is 341 g/mol. The number of aryl methyl sites for hydroxylation is 1. The van der Waals surface area contributed by atoms with Crippen molar-refractivity contribution in [2.45, 2.75) is 46.1 Å². The van der Waals surface area contributed by atoms with Crippen molar-refractivity contribution in [1.29, 1.82) is 0 Å². The van der Waals surface area contributed by atoms with Gasteiger partial charge >= 0.3 is 0 Å². The Hall–Kier alpha value is -2.49. The van der Waals surface area contributed by atoms with Crippen LogP contribution in [0.2, 0.25) is 0 Å². The smallest absolute Gasteiger partial charge is 0.265 e. The Morgan fingerprint density at radius 3 is 2.44 bits per heavy atom. The molecule has 0 heterocycles. The molecule has 25 heavy (non-hydrogen) atoms. The summed E-state index contributed by atoms with van der Waals surface area (Å²) in [5, 5.41) is 2.92. The molecule has 4 heteroatoms. The van der Waals surface area contributed by atoms with Crippen molar-refractivity contribution in [3.8, 4) is 11.5 Å². The molecule has 2 aromatic rings. The van der Waals surface area contributed by atoms with Crippen molar-refractivity contribution in [1.82, 2.24) is 0 Å². The predicted octanol–water partition coefficient (Wildman–Crippen LogP) is 4.71. The standard InChI is InChI=1S/C21H27NO3/c1-14-8-7-9-17(12-14)25-15(2)20(23)22-18-13-16(21(3,4)5)10-11-19(18)24-6/h7-13,15H,1-6H3,(H,22,23)/t15-/m0/s1. The van der Waals surface area contributed by atoms with Gasteiger partial charge in [0.2, 0.25) is 0 Å². The predicted molar refractivity (Wildman–Crippen MR) is 102 cm³/mol. The van der Waals surface area contributed by atoms with E-state index in [0.29, 0.717) is 17.2 Å². The van der Waals surface area contributed by atoms with E-state index in [0.717, 1.165) is 11.1 Å². The molecule has 0 aliphatic carbocycles. The highest BCUT2D eigenvalue weighted by molar-refractivity contribution is 5.95. The molecule has 1 N–H and O–H groups in total. The van der Waals surface area contributed by atoms with Crippen LogP contribution in [0, 0.1) is 6.92 Å². The second-order valence-corrected chi connectivity index (χ2v) is 7.23. The maximum atomic E-state index is 12.5. The summed E-state index contributed by atoms with van der Waals surface area (Å²) in [6.07, 6.45) is -0.621. The van der Waals surface area contributed by atoms with Gasteiger partial charge in [-0.05, 0) is 54.7 Å². The van der Waals surface area contributed by atoms with Crippen LogP contribution in [0.4, 0.5) is 5.69 Å². The van der Waals surface area contributed by atoms with Crippen molar-refractivity contribution in [2.75, 3.05) is 12.4 Å². The molecule has 0 saturated heterocycles. The first-order chi connectivity index (χ1) is 11.7. The average Bonchev–Trinajstić information content (AvgIpc) is 2.53. The number of carbonyl (C=O) groups excluding carboxylic acids is 1. The van der Waals surface area contributed by atoms with Crippen LogP contribution in [0.1, 0.15) is 38.8 Å². The van der Waals surface area contributed by atoms with E-state index in [1.807, 2.05) is 49.4 Å². The lowest BCUT2D eigenvalue weighted by Gasteiger charge is -2.22. The van der Waals surface area contributed by atoms with Gasteiger partial charge in [0.15, 0.2) is 6.10 Å². The first kappa shape index (κ1) is 18.8. The summed E-state index contributed by atoms with van der Waals surface area (Å²) >= 11 is 0. The summed E-state index contributed by atoms with van der Waals surface area (Å²) in [6, 6.07) is 13.5. The first-order valence-electron chi connectivity index (χ1n) is 8.43. The fourth-order valence-corrected chi connectivity index (χ4v) is 2.45. The highest BCUT2D eigenvalue weighted by Gasteiger charge is 2.20. The van der Waals surface area contributed by atoms with Gasteiger partial charge in [0, 0.05) is 0 Å². The van der Waals surface area contributed by atoms with Gasteiger partial charge in [-0.15, -0.1) is 0 Å². The zero-order valence-electron chi connectivity index (χ0n) is 15.8. The van der Waals surface area contributed by atoms with Crippen LogP contribution in [-0.4, -0.2) is 19.1 Å². The number of rotatable bonds is 5. The van der Waals surface area contributed by atoms with Crippen molar-refractivity contribution >= 4 is 11.6 Å². The Morgan fingerprint density at radius 2 is 1.84 bits per heavy atom. The molecule has 1 atom stereocenters. The number of hydrogen-bond donors (Lipinski definition) is 1. The van der Waals surface area contributed by atoms with E-state index < -0.39 is 6.10 Å². The molecular formula is C21H27NO3. The minimum Gasteiger partial charge on any atom is -0.495 e. The van der Waals surface area contributed by atoms with Crippen LogP contribution in [0.5, 0.6) is 11.5 Å². The van der Waals surface area contributed by atoms with Crippen LogP contribution in [0.25, 0.3) is 0 Å². The van der Waals surface area contributed by atoms with Gasteiger partial charge in [0.05, 0.1) is 12.8 Å². The lowest BCUT2D eigenvalue weighted by Crippen LogP contribution is -2.30. The topological polar surface area (TPSA) is 47.6 Å². The van der Waals surface area contributed by atoms with Crippen LogP contribution < -0.4 is 14.8 Å². The molecule has 0 radical (unpaired) electrons. The molecule has 0 aliphatic heterocycles. The van der Waals surface area contributed by atoms with Gasteiger partial charge in [0.1, 0.15) is 11.5 Å². The van der Waals surface area contributed by atoms with E-state index in [1.165, 1.54) is 0 Å². The maximum Gasteiger partial charge on any atom is 0.265 e. The summed E-state index contributed by atoms with van der Waals surface area (Å²) in [5.74, 6) is 1.09. The Labute approximate surface area is 150 Å². The van der Waals surface area contributed by atoms with E-state index in [9.17, 15) is 4.79 Å². The van der Waals surface area contributed by atoms with Crippen LogP contribution in [-0.2, 0) is 10.2 Å². The highest BCUT2D eigenvalue weighted by atomic mass is 16.5. The van der Waals surface area contributed by atoms with Gasteiger partial charge in [-0.2, -0.15) is 0 Å². The second kappa shape index (κ2) is 7.60. The third-order valence-electron chi connectivity index (χ3n) is 3.99. The number of benzene rings is 2. The zero-order valence-corrected chi connectivity index (χ0v) is 15.8. The van der Waals surface area contributed by atoms with Gasteiger partial charge in [-0.1, -0.05) is 39.0 Å². The fourth-order valence-electron chi connectivity index (χ4n) is 2.45. The molecule has 4 nitrogen and oxygen atoms in total. The lowest BCUT2D eigenvalue weighted by molar-refractivity contribution is -0.122. The van der Waals surface area contributed by atoms with E-state index in [4.69, 9.17) is 9.47 Å². The van der Waals surface area contributed by atoms with Gasteiger partial charge < -0.3 is 14.8 Å². The molecule has 1 amide bonds. The number of carbonyl (C=O) groups is 1. The quantitative estimate of drug-likeness (QED) is 0.857. The molecule has 2 rings (SSSR count). The van der Waals surface area contributed by atoms with Crippen LogP contribution in [0.3, 0.4) is 0 Å². The first-order valence-corrected chi connectivity index (χ1v) is 8.43. The lowest BCUT2D eigenvalue weighted by atomic mass is 9.87. The van der Waals surface area contributed by atoms with Crippen molar-refractivity contribution in [3.63, 3.8) is 0 Å². The van der Waals surface area contributed by atoms with E-state index >= 15 is 0 Å². The number of anilines is 1. The van der Waals surface area contributed by atoms with Gasteiger partial charge in [-0.3, -0.25) is 4.79 Å². The minimum atomic E-state index is -0.621. The molecule has 0 spiro atoms. The third-order valence-corrected chi connectivity index (χ3v) is 3.99. The van der Waals surface area contributed by atoms with Crippen molar-refractivity contribution in [3.05, 3.63) is 53.6 Å². The molecule has 0 fully saturated rings. The highest BCUT2D eigenvalue weighted by Crippen LogP contribution is 2.31. The minimum absolute atomic E-state index is 0.0184. The van der Waals surface area contributed by atoms with Crippen molar-refractivity contribution < 1.29 is 14.3 Å². The number of hydrogen-bond acceptors (Lipinski definition) is 3. The van der Waals surface area contributed by atoms with E-state index in [2.05, 4.69) is 26.1 Å². The third kappa shape index (κ3) is 4.99. The fraction of sp³-hybridized carbons (Fsp3) is 0.381. The van der Waals surface area contributed by atoms with Crippen LogP contribution in [0.15, 0.2) is 42.5 Å². The Morgan fingerprint density at radius 1 is 1.12 bits per heavy atom. The van der Waals surface area contributed by atoms with Crippen LogP contribution >= 0.6 is 0 Å². The summed E-state index contributed by atoms with van der Waals surface area (Å²) in [4.78, 5) is 12.5. The summed E-state index contributed by atoms with van der Waals surface area (Å²) in [7, 11) is 1.59. The number of amides is 1. The number of nitrogens with one attached hydrogen (secondary N) is 1. The summed E-state index contributed by atoms with van der Waals surface area (Å²) < 4.78 is 11.1. The normalized spacial score (nSPS) is 12.4. The second-order valence-electron chi connectivity index (χ2n) is 7.23. The average molecular weight is 341 g/mol. The molecule has 0 aliphatic rings. The van der Waals surface area contributed by atoms with Gasteiger partial charge in [-0.25, -0.2) is 0 Å². The Bertz CT molecular complexity index is 747. The Kier molecular flexibility index (Phi) is 5.73. The summed E-state index contributed by atoms with van der Waals surface area (Å²) in [6.45, 7) is 10.1. The molecule has 0 unspecified atom stereocenters. The van der Waals surface area contributed by atoms with Crippen molar-refractivity contribution in [2.24, 2.45) is 0 Å². The van der Waals surface area contributed by atoms with E-state index in [1.54, 1.807) is 14.0 Å². The summed E-state index contributed by atoms with van der Waals surface area (Å²) in [5.41, 5.74) is 2.84. The number of ether oxygens (including phenoxy) is 2. The largest absolute Gasteiger partial charge is 0.495 e.